The fourth-order valence-electron chi connectivity index (χ4n) is 2.35. The first-order valence-electron chi connectivity index (χ1n) is 8.43. The van der Waals surface area contributed by atoms with Crippen molar-refractivity contribution in [3.05, 3.63) is 59.7 Å². The van der Waals surface area contributed by atoms with Crippen LogP contribution in [0.1, 0.15) is 35.7 Å². The van der Waals surface area contributed by atoms with Crippen LogP contribution in [0.5, 0.6) is 5.75 Å². The zero-order valence-corrected chi connectivity index (χ0v) is 14.7. The van der Waals surface area contributed by atoms with Gasteiger partial charge in [-0.2, -0.15) is 0 Å². The lowest BCUT2D eigenvalue weighted by Gasteiger charge is -2.08. The largest absolute Gasteiger partial charge is 0.497 e. The van der Waals surface area contributed by atoms with E-state index in [2.05, 4.69) is 17.6 Å². The molecular formula is C20H24N2O3. The fraction of sp³-hybridized carbons (Fsp3) is 0.300. The van der Waals surface area contributed by atoms with Gasteiger partial charge in [-0.15, -0.1) is 0 Å². The third-order valence-corrected chi connectivity index (χ3v) is 3.82. The van der Waals surface area contributed by atoms with Crippen LogP contribution in [0.15, 0.2) is 48.5 Å². The van der Waals surface area contributed by atoms with Gasteiger partial charge in [0, 0.05) is 11.3 Å². The molecule has 2 amide bonds. The van der Waals surface area contributed by atoms with Gasteiger partial charge >= 0.3 is 0 Å². The van der Waals surface area contributed by atoms with Crippen LogP contribution in [-0.4, -0.2) is 25.5 Å². The van der Waals surface area contributed by atoms with E-state index in [1.807, 2.05) is 12.1 Å². The lowest BCUT2D eigenvalue weighted by Crippen LogP contribution is -2.32. The second-order valence-corrected chi connectivity index (χ2v) is 5.76. The van der Waals surface area contributed by atoms with E-state index in [9.17, 15) is 9.59 Å². The van der Waals surface area contributed by atoms with Gasteiger partial charge < -0.3 is 15.4 Å². The lowest BCUT2D eigenvalue weighted by atomic mass is 10.1. The molecule has 0 fully saturated rings. The van der Waals surface area contributed by atoms with Crippen molar-refractivity contribution >= 4 is 17.5 Å². The van der Waals surface area contributed by atoms with Crippen molar-refractivity contribution in [3.8, 4) is 5.75 Å². The normalized spacial score (nSPS) is 10.2. The van der Waals surface area contributed by atoms with E-state index < -0.39 is 0 Å². The minimum absolute atomic E-state index is 0.0809. The molecule has 5 heteroatoms. The predicted molar refractivity (Wildman–Crippen MR) is 99.0 cm³/mol. The van der Waals surface area contributed by atoms with E-state index >= 15 is 0 Å². The Balaban J connectivity index is 1.81. The minimum atomic E-state index is -0.280. The van der Waals surface area contributed by atoms with E-state index in [0.29, 0.717) is 17.0 Å². The summed E-state index contributed by atoms with van der Waals surface area (Å²) in [6, 6.07) is 14.5. The summed E-state index contributed by atoms with van der Waals surface area (Å²) in [6.45, 7) is 2.07. The molecule has 25 heavy (non-hydrogen) atoms. The van der Waals surface area contributed by atoms with E-state index in [1.165, 1.54) is 5.56 Å². The molecule has 0 heterocycles. The summed E-state index contributed by atoms with van der Waals surface area (Å²) < 4.78 is 5.06. The van der Waals surface area contributed by atoms with Crippen LogP contribution in [0.4, 0.5) is 5.69 Å². The van der Waals surface area contributed by atoms with Crippen molar-refractivity contribution in [2.45, 2.75) is 26.2 Å². The number of amides is 2. The van der Waals surface area contributed by atoms with Crippen LogP contribution < -0.4 is 15.4 Å². The molecule has 2 N–H and O–H groups in total. The maximum atomic E-state index is 12.1. The molecule has 0 aliphatic heterocycles. The molecule has 2 aromatic carbocycles. The number of rotatable bonds is 8. The molecule has 0 saturated carbocycles. The number of anilines is 1. The van der Waals surface area contributed by atoms with Crippen LogP contribution in [0.2, 0.25) is 0 Å². The van der Waals surface area contributed by atoms with Crippen molar-refractivity contribution in [2.75, 3.05) is 19.0 Å². The van der Waals surface area contributed by atoms with Gasteiger partial charge in [0.2, 0.25) is 5.91 Å². The van der Waals surface area contributed by atoms with E-state index in [0.717, 1.165) is 19.3 Å². The topological polar surface area (TPSA) is 67.4 Å². The molecule has 5 nitrogen and oxygen atoms in total. The summed E-state index contributed by atoms with van der Waals surface area (Å²) in [4.78, 5) is 24.0. The number of aryl methyl sites for hydroxylation is 1. The first-order valence-corrected chi connectivity index (χ1v) is 8.43. The molecule has 0 spiro atoms. The fourth-order valence-corrected chi connectivity index (χ4v) is 2.35. The number of unbranched alkanes of at least 4 members (excludes halogenated alkanes) is 1. The number of carbonyl (C=O) groups excluding carboxylic acids is 2. The maximum absolute atomic E-state index is 12.1. The zero-order valence-electron chi connectivity index (χ0n) is 14.7. The summed E-state index contributed by atoms with van der Waals surface area (Å²) >= 11 is 0. The highest BCUT2D eigenvalue weighted by molar-refractivity contribution is 5.99. The molecule has 0 aliphatic rings. The molecule has 2 aromatic rings. The van der Waals surface area contributed by atoms with Gasteiger partial charge in [0.15, 0.2) is 0 Å². The quantitative estimate of drug-likeness (QED) is 0.774. The Bertz CT molecular complexity index is 694. The van der Waals surface area contributed by atoms with E-state index in [4.69, 9.17) is 4.74 Å². The van der Waals surface area contributed by atoms with E-state index in [-0.39, 0.29) is 18.4 Å². The molecule has 132 valence electrons. The molecule has 0 aromatic heterocycles. The molecule has 0 radical (unpaired) electrons. The van der Waals surface area contributed by atoms with Crippen LogP contribution in [-0.2, 0) is 11.2 Å². The molecule has 0 bridgehead atoms. The van der Waals surface area contributed by atoms with Gasteiger partial charge in [0.1, 0.15) is 5.75 Å². The number of benzene rings is 2. The minimum Gasteiger partial charge on any atom is -0.497 e. The van der Waals surface area contributed by atoms with Crippen LogP contribution >= 0.6 is 0 Å². The van der Waals surface area contributed by atoms with Crippen LogP contribution in [0.25, 0.3) is 0 Å². The van der Waals surface area contributed by atoms with Crippen LogP contribution in [0, 0.1) is 0 Å². The Morgan fingerprint density at radius 1 is 1.00 bits per heavy atom. The summed E-state index contributed by atoms with van der Waals surface area (Å²) in [5.41, 5.74) is 2.42. The number of nitrogens with one attached hydrogen (secondary N) is 2. The SMILES string of the molecule is CCCCc1ccc(C(=O)NCC(=O)Nc2ccc(OC)cc2)cc1. The predicted octanol–water partition coefficient (Wildman–Crippen LogP) is 3.41. The number of hydrogen-bond donors (Lipinski definition) is 2. The van der Waals surface area contributed by atoms with Gasteiger partial charge in [-0.05, 0) is 54.8 Å². The standard InChI is InChI=1S/C20H24N2O3/c1-3-4-5-15-6-8-16(9-7-15)20(24)21-14-19(23)22-17-10-12-18(25-2)13-11-17/h6-13H,3-5,14H2,1-2H3,(H,21,24)(H,22,23). The molecule has 0 saturated heterocycles. The zero-order chi connectivity index (χ0) is 18.1. The van der Waals surface area contributed by atoms with Crippen LogP contribution in [0.3, 0.4) is 0 Å². The summed E-state index contributed by atoms with van der Waals surface area (Å²) in [7, 11) is 1.58. The molecule has 2 rings (SSSR count). The van der Waals surface area contributed by atoms with Gasteiger partial charge in [-0.3, -0.25) is 9.59 Å². The van der Waals surface area contributed by atoms with Crippen molar-refractivity contribution in [1.29, 1.82) is 0 Å². The van der Waals surface area contributed by atoms with Crippen molar-refractivity contribution in [1.82, 2.24) is 5.32 Å². The Hall–Kier alpha value is -2.82. The van der Waals surface area contributed by atoms with Crippen molar-refractivity contribution in [3.63, 3.8) is 0 Å². The van der Waals surface area contributed by atoms with Crippen molar-refractivity contribution < 1.29 is 14.3 Å². The van der Waals surface area contributed by atoms with Gasteiger partial charge in [0.25, 0.3) is 5.91 Å². The Morgan fingerprint density at radius 3 is 2.28 bits per heavy atom. The third-order valence-electron chi connectivity index (χ3n) is 3.82. The number of hydrogen-bond acceptors (Lipinski definition) is 3. The molecule has 0 aliphatic carbocycles. The summed E-state index contributed by atoms with van der Waals surface area (Å²) in [6.07, 6.45) is 3.30. The molecule has 0 atom stereocenters. The second kappa shape index (κ2) is 9.47. The number of ether oxygens (including phenoxy) is 1. The Morgan fingerprint density at radius 2 is 1.68 bits per heavy atom. The first kappa shape index (κ1) is 18.5. The highest BCUT2D eigenvalue weighted by atomic mass is 16.5. The second-order valence-electron chi connectivity index (χ2n) is 5.76. The lowest BCUT2D eigenvalue weighted by molar-refractivity contribution is -0.115. The first-order chi connectivity index (χ1) is 12.1. The third kappa shape index (κ3) is 5.95. The summed E-state index contributed by atoms with van der Waals surface area (Å²) in [5.74, 6) is 0.179. The van der Waals surface area contributed by atoms with Gasteiger partial charge in [-0.25, -0.2) is 0 Å². The highest BCUT2D eigenvalue weighted by Gasteiger charge is 2.08. The Kier molecular flexibility index (Phi) is 7.01. The maximum Gasteiger partial charge on any atom is 0.251 e. The molecular weight excluding hydrogens is 316 g/mol. The Labute approximate surface area is 148 Å². The average molecular weight is 340 g/mol. The van der Waals surface area contributed by atoms with Gasteiger partial charge in [0.05, 0.1) is 13.7 Å². The smallest absolute Gasteiger partial charge is 0.251 e. The van der Waals surface area contributed by atoms with E-state index in [1.54, 1.807) is 43.5 Å². The molecule has 0 unspecified atom stereocenters. The van der Waals surface area contributed by atoms with Crippen molar-refractivity contribution in [2.24, 2.45) is 0 Å². The highest BCUT2D eigenvalue weighted by Crippen LogP contribution is 2.14. The monoisotopic (exact) mass is 340 g/mol. The number of carbonyl (C=O) groups is 2. The average Bonchev–Trinajstić information content (AvgIpc) is 2.65. The van der Waals surface area contributed by atoms with Gasteiger partial charge in [-0.1, -0.05) is 25.5 Å². The summed E-state index contributed by atoms with van der Waals surface area (Å²) in [5, 5.41) is 5.35. The number of methoxy groups -OCH3 is 1.